The number of nitrogens with zero attached hydrogens (tertiary/aromatic N) is 3. The molecule has 0 fully saturated rings. The molecule has 0 aliphatic heterocycles. The standard InChI is InChI=1S/C22H20N6O3S/c23-19-12-28(18-7-9-32-14-18)27-20(19)26-21(29)17-5-3-15(4-6-17)11-25-22(30)31-13-16-2-1-8-24-10-16/h1-10,12,14H,11,13,23H2,(H,25,30)(H,26,27,29). The van der Waals surface area contributed by atoms with E-state index in [-0.39, 0.29) is 19.1 Å². The molecular weight excluding hydrogens is 428 g/mol. The second-order valence-corrected chi connectivity index (χ2v) is 7.58. The zero-order chi connectivity index (χ0) is 22.3. The number of hydrogen-bond donors (Lipinski definition) is 3. The van der Waals surface area contributed by atoms with Gasteiger partial charge in [0.25, 0.3) is 5.91 Å². The summed E-state index contributed by atoms with van der Waals surface area (Å²) < 4.78 is 6.76. The highest BCUT2D eigenvalue weighted by Gasteiger charge is 2.13. The molecule has 4 rings (SSSR count). The van der Waals surface area contributed by atoms with Crippen LogP contribution in [0.15, 0.2) is 71.8 Å². The number of ether oxygens (including phenoxy) is 1. The molecule has 10 heteroatoms. The van der Waals surface area contributed by atoms with Crippen molar-refractivity contribution in [1.29, 1.82) is 0 Å². The molecule has 0 atom stereocenters. The van der Waals surface area contributed by atoms with E-state index in [0.717, 1.165) is 16.8 Å². The molecule has 1 aromatic carbocycles. The number of nitrogen functional groups attached to an aromatic ring is 1. The maximum atomic E-state index is 12.6. The number of alkyl carbamates (subject to hydrolysis) is 1. The number of benzene rings is 1. The molecular formula is C22H20N6O3S. The Morgan fingerprint density at radius 2 is 1.97 bits per heavy atom. The van der Waals surface area contributed by atoms with E-state index < -0.39 is 6.09 Å². The Morgan fingerprint density at radius 3 is 2.69 bits per heavy atom. The van der Waals surface area contributed by atoms with Crippen molar-refractivity contribution in [2.45, 2.75) is 13.2 Å². The quantitative estimate of drug-likeness (QED) is 0.397. The number of nitrogens with two attached hydrogens (primary N) is 1. The van der Waals surface area contributed by atoms with Crippen molar-refractivity contribution in [1.82, 2.24) is 20.1 Å². The molecule has 0 saturated heterocycles. The van der Waals surface area contributed by atoms with E-state index in [1.165, 1.54) is 0 Å². The number of carbonyl (C=O) groups excluding carboxylic acids is 2. The van der Waals surface area contributed by atoms with Gasteiger partial charge in [-0.15, -0.1) is 5.10 Å². The van der Waals surface area contributed by atoms with E-state index >= 15 is 0 Å². The molecule has 0 aliphatic rings. The van der Waals surface area contributed by atoms with Gasteiger partial charge in [-0.05, 0) is 35.2 Å². The molecule has 3 aromatic heterocycles. The lowest BCUT2D eigenvalue weighted by molar-refractivity contribution is 0.102. The Balaban J connectivity index is 1.28. The molecule has 4 aromatic rings. The van der Waals surface area contributed by atoms with Crippen LogP contribution in [0.3, 0.4) is 0 Å². The van der Waals surface area contributed by atoms with Crippen LogP contribution < -0.4 is 16.4 Å². The Kier molecular flexibility index (Phi) is 6.42. The van der Waals surface area contributed by atoms with E-state index in [1.807, 2.05) is 22.9 Å². The second kappa shape index (κ2) is 9.75. The molecule has 3 heterocycles. The highest BCUT2D eigenvalue weighted by atomic mass is 32.1. The molecule has 32 heavy (non-hydrogen) atoms. The molecule has 162 valence electrons. The molecule has 0 saturated carbocycles. The van der Waals surface area contributed by atoms with Gasteiger partial charge >= 0.3 is 6.09 Å². The van der Waals surface area contributed by atoms with Crippen LogP contribution in [0.4, 0.5) is 16.3 Å². The van der Waals surface area contributed by atoms with Crippen LogP contribution in [0.1, 0.15) is 21.5 Å². The molecule has 0 spiro atoms. The number of thiophene rings is 1. The summed E-state index contributed by atoms with van der Waals surface area (Å²) in [6.07, 6.45) is 4.41. The summed E-state index contributed by atoms with van der Waals surface area (Å²) in [6, 6.07) is 12.3. The highest BCUT2D eigenvalue weighted by molar-refractivity contribution is 7.08. The third kappa shape index (κ3) is 5.29. The lowest BCUT2D eigenvalue weighted by Crippen LogP contribution is -2.23. The minimum atomic E-state index is -0.535. The van der Waals surface area contributed by atoms with Gasteiger partial charge in [0.2, 0.25) is 0 Å². The van der Waals surface area contributed by atoms with Gasteiger partial charge < -0.3 is 21.1 Å². The van der Waals surface area contributed by atoms with Crippen LogP contribution in [0.5, 0.6) is 0 Å². The van der Waals surface area contributed by atoms with E-state index in [1.54, 1.807) is 64.9 Å². The first-order valence-corrected chi connectivity index (χ1v) is 10.6. The van der Waals surface area contributed by atoms with Crippen molar-refractivity contribution < 1.29 is 14.3 Å². The Bertz CT molecular complexity index is 1190. The predicted octanol–water partition coefficient (Wildman–Crippen LogP) is 3.59. The summed E-state index contributed by atoms with van der Waals surface area (Å²) in [5, 5.41) is 13.6. The largest absolute Gasteiger partial charge is 0.445 e. The van der Waals surface area contributed by atoms with Gasteiger partial charge in [-0.3, -0.25) is 9.78 Å². The summed E-state index contributed by atoms with van der Waals surface area (Å²) in [5.41, 5.74) is 9.29. The van der Waals surface area contributed by atoms with Gasteiger partial charge in [0.05, 0.1) is 17.6 Å². The number of anilines is 2. The Labute approximate surface area is 187 Å². The van der Waals surface area contributed by atoms with E-state index in [0.29, 0.717) is 17.1 Å². The first kappa shape index (κ1) is 21.1. The summed E-state index contributed by atoms with van der Waals surface area (Å²) in [4.78, 5) is 28.4. The number of amides is 2. The van der Waals surface area contributed by atoms with Crippen molar-refractivity contribution in [2.75, 3.05) is 11.1 Å². The molecule has 2 amide bonds. The number of rotatable bonds is 7. The molecule has 0 radical (unpaired) electrons. The first-order valence-electron chi connectivity index (χ1n) is 9.66. The summed E-state index contributed by atoms with van der Waals surface area (Å²) in [7, 11) is 0. The Hall–Kier alpha value is -4.18. The van der Waals surface area contributed by atoms with Crippen molar-refractivity contribution in [2.24, 2.45) is 0 Å². The fraction of sp³-hybridized carbons (Fsp3) is 0.0909. The smallest absolute Gasteiger partial charge is 0.407 e. The number of aromatic nitrogens is 3. The maximum absolute atomic E-state index is 12.6. The third-order valence-electron chi connectivity index (χ3n) is 4.49. The average Bonchev–Trinajstić information content (AvgIpc) is 3.47. The van der Waals surface area contributed by atoms with E-state index in [4.69, 9.17) is 10.5 Å². The van der Waals surface area contributed by atoms with Gasteiger partial charge in [-0.25, -0.2) is 9.48 Å². The molecule has 0 aliphatic carbocycles. The van der Waals surface area contributed by atoms with Crippen molar-refractivity contribution in [3.05, 3.63) is 88.5 Å². The van der Waals surface area contributed by atoms with Crippen molar-refractivity contribution >= 4 is 34.8 Å². The number of hydrogen-bond acceptors (Lipinski definition) is 7. The molecule has 9 nitrogen and oxygen atoms in total. The van der Waals surface area contributed by atoms with Crippen molar-refractivity contribution in [3.8, 4) is 5.69 Å². The zero-order valence-corrected chi connectivity index (χ0v) is 17.7. The fourth-order valence-electron chi connectivity index (χ4n) is 2.82. The van der Waals surface area contributed by atoms with Gasteiger partial charge in [-0.2, -0.15) is 11.3 Å². The van der Waals surface area contributed by atoms with Gasteiger partial charge in [0.1, 0.15) is 6.61 Å². The van der Waals surface area contributed by atoms with Crippen LogP contribution in [-0.2, 0) is 17.9 Å². The first-order chi connectivity index (χ1) is 15.6. The van der Waals surface area contributed by atoms with Gasteiger partial charge in [0, 0.05) is 35.4 Å². The monoisotopic (exact) mass is 448 g/mol. The maximum Gasteiger partial charge on any atom is 0.407 e. The molecule has 0 unspecified atom stereocenters. The van der Waals surface area contributed by atoms with Crippen LogP contribution in [0.2, 0.25) is 0 Å². The second-order valence-electron chi connectivity index (χ2n) is 6.80. The van der Waals surface area contributed by atoms with Crippen LogP contribution in [0.25, 0.3) is 5.69 Å². The summed E-state index contributed by atoms with van der Waals surface area (Å²) in [6.45, 7) is 0.413. The van der Waals surface area contributed by atoms with Crippen LogP contribution in [0, 0.1) is 0 Å². The fourth-order valence-corrected chi connectivity index (χ4v) is 3.44. The summed E-state index contributed by atoms with van der Waals surface area (Å²) >= 11 is 1.54. The minimum Gasteiger partial charge on any atom is -0.445 e. The molecule has 0 bridgehead atoms. The third-order valence-corrected chi connectivity index (χ3v) is 5.16. The lowest BCUT2D eigenvalue weighted by atomic mass is 10.1. The van der Waals surface area contributed by atoms with Gasteiger partial charge in [-0.1, -0.05) is 18.2 Å². The number of carbonyl (C=O) groups is 2. The van der Waals surface area contributed by atoms with Gasteiger partial charge in [0.15, 0.2) is 5.82 Å². The highest BCUT2D eigenvalue weighted by Crippen LogP contribution is 2.21. The number of pyridine rings is 1. The average molecular weight is 449 g/mol. The lowest BCUT2D eigenvalue weighted by Gasteiger charge is -2.08. The summed E-state index contributed by atoms with van der Waals surface area (Å²) in [5.74, 6) is -0.0361. The van der Waals surface area contributed by atoms with Crippen LogP contribution >= 0.6 is 11.3 Å². The molecule has 4 N–H and O–H groups in total. The topological polar surface area (TPSA) is 124 Å². The van der Waals surface area contributed by atoms with E-state index in [2.05, 4.69) is 20.7 Å². The SMILES string of the molecule is Nc1cn(-c2ccsc2)nc1NC(=O)c1ccc(CNC(=O)OCc2cccnc2)cc1. The zero-order valence-electron chi connectivity index (χ0n) is 16.9. The predicted molar refractivity (Wildman–Crippen MR) is 122 cm³/mol. The van der Waals surface area contributed by atoms with E-state index in [9.17, 15) is 9.59 Å². The normalized spacial score (nSPS) is 10.5. The van der Waals surface area contributed by atoms with Crippen LogP contribution in [-0.4, -0.2) is 26.8 Å². The number of nitrogens with one attached hydrogen (secondary N) is 2. The van der Waals surface area contributed by atoms with Crippen molar-refractivity contribution in [3.63, 3.8) is 0 Å². The minimum absolute atomic E-state index is 0.143. The Morgan fingerprint density at radius 1 is 1.12 bits per heavy atom.